The van der Waals surface area contributed by atoms with E-state index in [4.69, 9.17) is 9.05 Å². The van der Waals surface area contributed by atoms with E-state index in [0.717, 1.165) is 5.69 Å². The number of benzene rings is 1. The van der Waals surface area contributed by atoms with Crippen molar-refractivity contribution in [1.82, 2.24) is 20.2 Å². The lowest BCUT2D eigenvalue weighted by Gasteiger charge is -2.14. The Morgan fingerprint density at radius 2 is 1.96 bits per heavy atom. The Morgan fingerprint density at radius 3 is 2.65 bits per heavy atom. The summed E-state index contributed by atoms with van der Waals surface area (Å²) in [6, 6.07) is 7.67. The summed E-state index contributed by atoms with van der Waals surface area (Å²) in [5.41, 5.74) is 1.40. The number of nitrogens with zero attached hydrogens (tertiary/aromatic N) is 4. The molecule has 0 aliphatic carbocycles. The molecule has 3 aromatic rings. The number of carbonyl (C=O) groups excluding carboxylic acids is 1. The second kappa shape index (κ2) is 7.90. The number of aryl methyl sites for hydroxylation is 2. The Bertz CT molecular complexity index is 873. The van der Waals surface area contributed by atoms with Crippen LogP contribution in [0.2, 0.25) is 0 Å². The molecule has 2 heterocycles. The molecule has 2 aromatic heterocycles. The molecule has 0 fully saturated rings. The molecule has 0 N–H and O–H groups in total. The summed E-state index contributed by atoms with van der Waals surface area (Å²) in [4.78, 5) is 18.0. The van der Waals surface area contributed by atoms with Gasteiger partial charge in [-0.15, -0.1) is 0 Å². The Balaban J connectivity index is 1.47. The van der Waals surface area contributed by atoms with Crippen LogP contribution in [0.15, 0.2) is 39.4 Å². The fourth-order valence-corrected chi connectivity index (χ4v) is 2.48. The van der Waals surface area contributed by atoms with Crippen LogP contribution in [0, 0.1) is 12.7 Å². The average molecular weight is 358 g/mol. The number of rotatable bonds is 7. The van der Waals surface area contributed by atoms with Gasteiger partial charge in [-0.3, -0.25) is 4.79 Å². The maximum Gasteiger partial charge on any atom is 0.226 e. The predicted octanol–water partition coefficient (Wildman–Crippen LogP) is 3.15. The summed E-state index contributed by atoms with van der Waals surface area (Å²) in [6.07, 6.45) is 1.45. The number of aromatic nitrogens is 3. The molecule has 0 spiro atoms. The van der Waals surface area contributed by atoms with E-state index >= 15 is 0 Å². The van der Waals surface area contributed by atoms with Gasteiger partial charge in [0, 0.05) is 31.5 Å². The Hall–Kier alpha value is -3.03. The highest BCUT2D eigenvalue weighted by Gasteiger charge is 2.13. The molecular formula is C18H19FN4O3. The zero-order valence-electron chi connectivity index (χ0n) is 14.6. The third-order valence-electron chi connectivity index (χ3n) is 3.85. The smallest absolute Gasteiger partial charge is 0.226 e. The van der Waals surface area contributed by atoms with Crippen molar-refractivity contribution in [2.45, 2.75) is 32.7 Å². The van der Waals surface area contributed by atoms with Gasteiger partial charge in [-0.2, -0.15) is 4.98 Å². The van der Waals surface area contributed by atoms with E-state index < -0.39 is 0 Å². The summed E-state index contributed by atoms with van der Waals surface area (Å²) in [5.74, 6) is 1.26. The number of hydrogen-bond acceptors (Lipinski definition) is 6. The largest absolute Gasteiger partial charge is 0.361 e. The third-order valence-corrected chi connectivity index (χ3v) is 3.85. The van der Waals surface area contributed by atoms with Crippen molar-refractivity contribution >= 4 is 5.91 Å². The van der Waals surface area contributed by atoms with Crippen molar-refractivity contribution in [3.8, 4) is 11.4 Å². The van der Waals surface area contributed by atoms with Crippen molar-refractivity contribution < 1.29 is 18.2 Å². The predicted molar refractivity (Wildman–Crippen MR) is 90.3 cm³/mol. The molecule has 0 aliphatic rings. The maximum absolute atomic E-state index is 12.9. The van der Waals surface area contributed by atoms with Gasteiger partial charge in [0.15, 0.2) is 0 Å². The molecule has 0 unspecified atom stereocenters. The van der Waals surface area contributed by atoms with E-state index in [1.54, 1.807) is 30.1 Å². The Labute approximate surface area is 149 Å². The van der Waals surface area contributed by atoms with E-state index in [2.05, 4.69) is 15.3 Å². The summed E-state index contributed by atoms with van der Waals surface area (Å²) in [6.45, 7) is 2.22. The van der Waals surface area contributed by atoms with Gasteiger partial charge < -0.3 is 13.9 Å². The Kier molecular flexibility index (Phi) is 5.40. The lowest BCUT2D eigenvalue weighted by Crippen LogP contribution is -2.26. The van der Waals surface area contributed by atoms with Gasteiger partial charge in [0.2, 0.25) is 17.6 Å². The van der Waals surface area contributed by atoms with Crippen LogP contribution in [0.5, 0.6) is 0 Å². The molecule has 0 aliphatic heterocycles. The van der Waals surface area contributed by atoms with E-state index in [0.29, 0.717) is 48.8 Å². The highest BCUT2D eigenvalue weighted by Crippen LogP contribution is 2.17. The van der Waals surface area contributed by atoms with Crippen LogP contribution in [0.3, 0.4) is 0 Å². The van der Waals surface area contributed by atoms with Crippen molar-refractivity contribution in [2.24, 2.45) is 0 Å². The zero-order valence-corrected chi connectivity index (χ0v) is 14.6. The topological polar surface area (TPSA) is 85.3 Å². The number of hydrogen-bond donors (Lipinski definition) is 0. The first kappa shape index (κ1) is 17.8. The molecule has 7 nitrogen and oxygen atoms in total. The van der Waals surface area contributed by atoms with Gasteiger partial charge in [-0.05, 0) is 37.6 Å². The summed E-state index contributed by atoms with van der Waals surface area (Å²) >= 11 is 0. The zero-order chi connectivity index (χ0) is 18.5. The molecule has 0 radical (unpaired) electrons. The van der Waals surface area contributed by atoms with E-state index in [9.17, 15) is 9.18 Å². The molecule has 3 rings (SSSR count). The second-order valence-corrected chi connectivity index (χ2v) is 6.05. The molecule has 0 saturated carbocycles. The quantitative estimate of drug-likeness (QED) is 0.645. The first-order valence-electron chi connectivity index (χ1n) is 8.26. The van der Waals surface area contributed by atoms with Crippen molar-refractivity contribution in [1.29, 1.82) is 0 Å². The highest BCUT2D eigenvalue weighted by atomic mass is 19.1. The van der Waals surface area contributed by atoms with E-state index in [1.807, 2.05) is 6.92 Å². The first-order chi connectivity index (χ1) is 12.5. The molecule has 0 atom stereocenters. The average Bonchev–Trinajstić information content (AvgIpc) is 3.24. The van der Waals surface area contributed by atoms with Gasteiger partial charge in [0.25, 0.3) is 0 Å². The van der Waals surface area contributed by atoms with Gasteiger partial charge in [0.1, 0.15) is 17.3 Å². The summed E-state index contributed by atoms with van der Waals surface area (Å²) in [7, 11) is 1.73. The molecule has 0 saturated heterocycles. The molecule has 26 heavy (non-hydrogen) atoms. The van der Waals surface area contributed by atoms with Crippen LogP contribution in [-0.4, -0.2) is 33.2 Å². The van der Waals surface area contributed by atoms with Crippen molar-refractivity contribution in [3.63, 3.8) is 0 Å². The fraction of sp³-hybridized carbons (Fsp3) is 0.333. The van der Waals surface area contributed by atoms with Gasteiger partial charge in [-0.1, -0.05) is 10.3 Å². The standard InChI is InChI=1S/C18H19FN4O3/c1-12-10-15(21-25-12)11-23(2)17(24)5-3-4-16-20-18(22-26-16)13-6-8-14(19)9-7-13/h6-10H,3-5,11H2,1-2H3. The van der Waals surface area contributed by atoms with Gasteiger partial charge >= 0.3 is 0 Å². The van der Waals surface area contributed by atoms with Crippen LogP contribution in [-0.2, 0) is 17.8 Å². The lowest BCUT2D eigenvalue weighted by molar-refractivity contribution is -0.130. The number of halogens is 1. The third kappa shape index (κ3) is 4.53. The lowest BCUT2D eigenvalue weighted by atomic mass is 10.2. The Morgan fingerprint density at radius 1 is 1.19 bits per heavy atom. The number of carbonyl (C=O) groups is 1. The molecule has 0 bridgehead atoms. The molecule has 1 amide bonds. The highest BCUT2D eigenvalue weighted by molar-refractivity contribution is 5.75. The van der Waals surface area contributed by atoms with Crippen molar-refractivity contribution in [3.05, 3.63) is 53.5 Å². The summed E-state index contributed by atoms with van der Waals surface area (Å²) < 4.78 is 23.1. The normalized spacial score (nSPS) is 10.9. The molecule has 8 heteroatoms. The first-order valence-corrected chi connectivity index (χ1v) is 8.26. The van der Waals surface area contributed by atoms with Gasteiger partial charge in [-0.25, -0.2) is 4.39 Å². The van der Waals surface area contributed by atoms with E-state index in [1.165, 1.54) is 12.1 Å². The minimum Gasteiger partial charge on any atom is -0.361 e. The van der Waals surface area contributed by atoms with Crippen LogP contribution >= 0.6 is 0 Å². The summed E-state index contributed by atoms with van der Waals surface area (Å²) in [5, 5.41) is 7.76. The molecular weight excluding hydrogens is 339 g/mol. The second-order valence-electron chi connectivity index (χ2n) is 6.05. The van der Waals surface area contributed by atoms with Crippen LogP contribution < -0.4 is 0 Å². The van der Waals surface area contributed by atoms with E-state index in [-0.39, 0.29) is 11.7 Å². The SMILES string of the molecule is Cc1cc(CN(C)C(=O)CCCc2nc(-c3ccc(F)cc3)no2)no1. The van der Waals surface area contributed by atoms with Gasteiger partial charge in [0.05, 0.1) is 6.54 Å². The maximum atomic E-state index is 12.9. The monoisotopic (exact) mass is 358 g/mol. The van der Waals surface area contributed by atoms with Crippen LogP contribution in [0.25, 0.3) is 11.4 Å². The minimum atomic E-state index is -0.319. The fourth-order valence-electron chi connectivity index (χ4n) is 2.48. The molecule has 1 aromatic carbocycles. The van der Waals surface area contributed by atoms with Crippen molar-refractivity contribution in [2.75, 3.05) is 7.05 Å². The molecule has 136 valence electrons. The van der Waals surface area contributed by atoms with Crippen LogP contribution in [0.1, 0.15) is 30.2 Å². The van der Waals surface area contributed by atoms with Crippen LogP contribution in [0.4, 0.5) is 4.39 Å². The minimum absolute atomic E-state index is 0.00364. The number of amides is 1.